The summed E-state index contributed by atoms with van der Waals surface area (Å²) in [6.45, 7) is 1.87. The highest BCUT2D eigenvalue weighted by atomic mass is 16.5. The normalized spacial score (nSPS) is 24.4. The molecule has 0 heterocycles. The van der Waals surface area contributed by atoms with Crippen LogP contribution in [0.1, 0.15) is 30.1 Å². The molecule has 0 bridgehead atoms. The lowest BCUT2D eigenvalue weighted by Gasteiger charge is -2.10. The first-order valence-electron chi connectivity index (χ1n) is 5.48. The second-order valence-electron chi connectivity index (χ2n) is 4.14. The Kier molecular flexibility index (Phi) is 3.04. The molecule has 0 aliphatic heterocycles. The molecule has 0 spiro atoms. The van der Waals surface area contributed by atoms with Gasteiger partial charge in [-0.2, -0.15) is 0 Å². The van der Waals surface area contributed by atoms with Crippen molar-refractivity contribution in [1.82, 2.24) is 0 Å². The number of carbonyl (C=O) groups excluding carboxylic acids is 2. The zero-order valence-electron chi connectivity index (χ0n) is 9.18. The first kappa shape index (κ1) is 10.9. The van der Waals surface area contributed by atoms with Crippen LogP contribution in [0.5, 0.6) is 0 Å². The van der Waals surface area contributed by atoms with E-state index in [0.29, 0.717) is 12.0 Å². The van der Waals surface area contributed by atoms with Gasteiger partial charge in [0.2, 0.25) is 0 Å². The Morgan fingerprint density at radius 2 is 1.94 bits per heavy atom. The molecule has 0 aromatic heterocycles. The minimum Gasteiger partial charge on any atom is -0.451 e. The van der Waals surface area contributed by atoms with Crippen LogP contribution in [0.15, 0.2) is 30.3 Å². The van der Waals surface area contributed by atoms with Crippen LogP contribution in [0, 0.1) is 5.92 Å². The van der Waals surface area contributed by atoms with E-state index in [2.05, 4.69) is 0 Å². The zero-order valence-corrected chi connectivity index (χ0v) is 9.18. The van der Waals surface area contributed by atoms with Gasteiger partial charge < -0.3 is 4.74 Å². The Morgan fingerprint density at radius 1 is 1.25 bits per heavy atom. The second kappa shape index (κ2) is 4.47. The summed E-state index contributed by atoms with van der Waals surface area (Å²) in [5.41, 5.74) is 0.495. The summed E-state index contributed by atoms with van der Waals surface area (Å²) < 4.78 is 5.19. The molecular formula is C13H14O3. The van der Waals surface area contributed by atoms with Gasteiger partial charge in [-0.15, -0.1) is 0 Å². The number of ketones is 1. The second-order valence-corrected chi connectivity index (χ2v) is 4.14. The molecule has 0 amide bonds. The van der Waals surface area contributed by atoms with Gasteiger partial charge >= 0.3 is 5.97 Å². The van der Waals surface area contributed by atoms with Crippen molar-refractivity contribution in [2.75, 3.05) is 0 Å². The third-order valence-corrected chi connectivity index (χ3v) is 2.92. The van der Waals surface area contributed by atoms with Gasteiger partial charge in [-0.25, -0.2) is 4.79 Å². The van der Waals surface area contributed by atoms with E-state index < -0.39 is 12.1 Å². The van der Waals surface area contributed by atoms with Gasteiger partial charge in [0.25, 0.3) is 0 Å². The largest absolute Gasteiger partial charge is 0.451 e. The predicted molar refractivity (Wildman–Crippen MR) is 59.1 cm³/mol. The molecule has 0 saturated heterocycles. The van der Waals surface area contributed by atoms with Gasteiger partial charge in [-0.05, 0) is 25.0 Å². The quantitative estimate of drug-likeness (QED) is 0.715. The molecule has 1 saturated carbocycles. The molecule has 3 heteroatoms. The molecule has 0 radical (unpaired) electrons. The number of ether oxygens (including phenoxy) is 1. The third-order valence-electron chi connectivity index (χ3n) is 2.92. The zero-order chi connectivity index (χ0) is 11.5. The highest BCUT2D eigenvalue weighted by Gasteiger charge is 2.33. The van der Waals surface area contributed by atoms with E-state index in [4.69, 9.17) is 4.74 Å². The molecule has 3 nitrogen and oxygen atoms in total. The molecule has 1 fully saturated rings. The van der Waals surface area contributed by atoms with E-state index in [9.17, 15) is 9.59 Å². The van der Waals surface area contributed by atoms with Crippen molar-refractivity contribution in [2.24, 2.45) is 5.92 Å². The first-order valence-corrected chi connectivity index (χ1v) is 5.48. The smallest absolute Gasteiger partial charge is 0.338 e. The van der Waals surface area contributed by atoms with Crippen molar-refractivity contribution in [1.29, 1.82) is 0 Å². The number of hydrogen-bond donors (Lipinski definition) is 0. The van der Waals surface area contributed by atoms with Gasteiger partial charge in [-0.1, -0.05) is 25.1 Å². The maximum atomic E-state index is 11.7. The molecule has 1 aromatic carbocycles. The van der Waals surface area contributed by atoms with E-state index >= 15 is 0 Å². The maximum Gasteiger partial charge on any atom is 0.338 e. The lowest BCUT2D eigenvalue weighted by molar-refractivity contribution is -0.127. The molecule has 16 heavy (non-hydrogen) atoms. The molecule has 1 aliphatic carbocycles. The van der Waals surface area contributed by atoms with Gasteiger partial charge in [0.1, 0.15) is 0 Å². The van der Waals surface area contributed by atoms with E-state index in [1.165, 1.54) is 0 Å². The summed E-state index contributed by atoms with van der Waals surface area (Å²) in [5.74, 6) is -0.342. The molecule has 2 unspecified atom stereocenters. The Balaban J connectivity index is 2.01. The highest BCUT2D eigenvalue weighted by Crippen LogP contribution is 2.24. The fourth-order valence-electron chi connectivity index (χ4n) is 1.89. The number of hydrogen-bond acceptors (Lipinski definition) is 3. The molecule has 1 aromatic rings. The van der Waals surface area contributed by atoms with Gasteiger partial charge in [0, 0.05) is 5.92 Å². The minimum atomic E-state index is -0.539. The fourth-order valence-corrected chi connectivity index (χ4v) is 1.89. The number of rotatable bonds is 2. The van der Waals surface area contributed by atoms with Crippen LogP contribution in [0.25, 0.3) is 0 Å². The highest BCUT2D eigenvalue weighted by molar-refractivity contribution is 5.94. The maximum absolute atomic E-state index is 11.7. The average Bonchev–Trinajstić information content (AvgIpc) is 2.62. The Bertz CT molecular complexity index is 397. The van der Waals surface area contributed by atoms with Crippen molar-refractivity contribution in [3.63, 3.8) is 0 Å². The van der Waals surface area contributed by atoms with Crippen LogP contribution in [0.4, 0.5) is 0 Å². The van der Waals surface area contributed by atoms with E-state index in [-0.39, 0.29) is 11.7 Å². The van der Waals surface area contributed by atoms with Crippen LogP contribution in [-0.4, -0.2) is 17.9 Å². The summed E-state index contributed by atoms with van der Waals surface area (Å²) in [5, 5.41) is 0. The van der Waals surface area contributed by atoms with Crippen molar-refractivity contribution in [3.05, 3.63) is 35.9 Å². The third kappa shape index (κ3) is 2.13. The van der Waals surface area contributed by atoms with Gasteiger partial charge in [-0.3, -0.25) is 4.79 Å². The van der Waals surface area contributed by atoms with Crippen molar-refractivity contribution >= 4 is 11.8 Å². The molecule has 1 aliphatic rings. The standard InChI is InChI=1S/C13H14O3/c1-9-7-8-11(12(9)14)16-13(15)10-5-3-2-4-6-10/h2-6,9,11H,7-8H2,1H3. The summed E-state index contributed by atoms with van der Waals surface area (Å²) in [7, 11) is 0. The molecule has 2 atom stereocenters. The number of esters is 1. The Hall–Kier alpha value is -1.64. The Morgan fingerprint density at radius 3 is 2.50 bits per heavy atom. The summed E-state index contributed by atoms with van der Waals surface area (Å²) in [4.78, 5) is 23.3. The fraction of sp³-hybridized carbons (Fsp3) is 0.385. The van der Waals surface area contributed by atoms with Crippen LogP contribution >= 0.6 is 0 Å². The molecule has 84 valence electrons. The summed E-state index contributed by atoms with van der Waals surface area (Å²) >= 11 is 0. The predicted octanol–water partition coefficient (Wildman–Crippen LogP) is 2.21. The number of benzene rings is 1. The van der Waals surface area contributed by atoms with Crippen LogP contribution in [0.3, 0.4) is 0 Å². The molecule has 2 rings (SSSR count). The van der Waals surface area contributed by atoms with Crippen LogP contribution in [0.2, 0.25) is 0 Å². The average molecular weight is 218 g/mol. The van der Waals surface area contributed by atoms with E-state index in [1.54, 1.807) is 24.3 Å². The minimum absolute atomic E-state index is 0.0218. The first-order chi connectivity index (χ1) is 7.68. The van der Waals surface area contributed by atoms with Crippen molar-refractivity contribution in [2.45, 2.75) is 25.9 Å². The lowest BCUT2D eigenvalue weighted by Crippen LogP contribution is -2.24. The van der Waals surface area contributed by atoms with E-state index in [0.717, 1.165) is 6.42 Å². The molecule has 0 N–H and O–H groups in total. The Labute approximate surface area is 94.4 Å². The lowest BCUT2D eigenvalue weighted by atomic mass is 10.1. The molecular weight excluding hydrogens is 204 g/mol. The number of carbonyl (C=O) groups is 2. The SMILES string of the molecule is CC1CCC(OC(=O)c2ccccc2)C1=O. The van der Waals surface area contributed by atoms with Crippen molar-refractivity contribution in [3.8, 4) is 0 Å². The van der Waals surface area contributed by atoms with Gasteiger partial charge in [0.05, 0.1) is 5.56 Å². The van der Waals surface area contributed by atoms with Crippen LogP contribution < -0.4 is 0 Å². The van der Waals surface area contributed by atoms with Gasteiger partial charge in [0.15, 0.2) is 11.9 Å². The summed E-state index contributed by atoms with van der Waals surface area (Å²) in [6, 6.07) is 8.75. The topological polar surface area (TPSA) is 43.4 Å². The van der Waals surface area contributed by atoms with Crippen LogP contribution in [-0.2, 0) is 9.53 Å². The van der Waals surface area contributed by atoms with Crippen molar-refractivity contribution < 1.29 is 14.3 Å². The van der Waals surface area contributed by atoms with E-state index in [1.807, 2.05) is 13.0 Å². The summed E-state index contributed by atoms with van der Waals surface area (Å²) in [6.07, 6.45) is 0.923. The number of Topliss-reactive ketones (excluding diaryl/α,β-unsaturated/α-hetero) is 1. The monoisotopic (exact) mass is 218 g/mol.